The van der Waals surface area contributed by atoms with Gasteiger partial charge < -0.3 is 14.5 Å². The van der Waals surface area contributed by atoms with E-state index in [4.69, 9.17) is 16.3 Å². The minimum absolute atomic E-state index is 0.293. The molecule has 0 atom stereocenters. The Labute approximate surface area is 144 Å². The molecule has 1 aliphatic heterocycles. The molecule has 3 rings (SSSR count). The maximum Gasteiger partial charge on any atom is 0.410 e. The molecule has 2 aromatic heterocycles. The lowest BCUT2D eigenvalue weighted by atomic mass is 10.2. The number of carbonyl (C=O) groups excluding carboxylic acids is 1. The average Bonchev–Trinajstić information content (AvgIpc) is 2.53. The van der Waals surface area contributed by atoms with E-state index in [9.17, 15) is 4.79 Å². The number of fused-ring (bicyclic) bond motifs is 1. The van der Waals surface area contributed by atoms with Crippen LogP contribution in [-0.4, -0.2) is 62.7 Å². The van der Waals surface area contributed by atoms with Gasteiger partial charge in [-0.3, -0.25) is 0 Å². The second-order valence-corrected chi connectivity index (χ2v) is 6.88. The molecule has 0 bridgehead atoms. The van der Waals surface area contributed by atoms with Gasteiger partial charge in [-0.1, -0.05) is 11.6 Å². The fourth-order valence-electron chi connectivity index (χ4n) is 2.38. The number of hydrogen-bond acceptors (Lipinski definition) is 7. The van der Waals surface area contributed by atoms with Crippen LogP contribution >= 0.6 is 11.6 Å². The topological polar surface area (TPSA) is 84.3 Å². The van der Waals surface area contributed by atoms with Crippen LogP contribution in [0.2, 0.25) is 5.15 Å². The molecule has 9 heteroatoms. The third-order valence-electron chi connectivity index (χ3n) is 3.53. The van der Waals surface area contributed by atoms with Crippen molar-refractivity contribution in [3.63, 3.8) is 0 Å². The van der Waals surface area contributed by atoms with Gasteiger partial charge in [0, 0.05) is 26.2 Å². The van der Waals surface area contributed by atoms with Gasteiger partial charge in [0.2, 0.25) is 5.95 Å². The van der Waals surface area contributed by atoms with Gasteiger partial charge in [0.05, 0.1) is 6.20 Å². The number of amides is 1. The Morgan fingerprint density at radius 3 is 2.54 bits per heavy atom. The minimum atomic E-state index is -0.494. The van der Waals surface area contributed by atoms with Crippen LogP contribution in [0.1, 0.15) is 20.8 Å². The molecule has 1 fully saturated rings. The van der Waals surface area contributed by atoms with E-state index in [1.165, 1.54) is 6.33 Å². The fraction of sp³-hybridized carbons (Fsp3) is 0.533. The first-order chi connectivity index (χ1) is 11.3. The van der Waals surface area contributed by atoms with Crippen molar-refractivity contribution in [3.8, 4) is 0 Å². The molecule has 0 aromatic carbocycles. The summed E-state index contributed by atoms with van der Waals surface area (Å²) in [5.41, 5.74) is 0.636. The number of ether oxygens (including phenoxy) is 1. The molecule has 8 nitrogen and oxygen atoms in total. The van der Waals surface area contributed by atoms with Crippen molar-refractivity contribution in [2.45, 2.75) is 26.4 Å². The smallest absolute Gasteiger partial charge is 0.410 e. The summed E-state index contributed by atoms with van der Waals surface area (Å²) in [5, 5.41) is 0.302. The summed E-state index contributed by atoms with van der Waals surface area (Å²) in [5.74, 6) is 0.558. The van der Waals surface area contributed by atoms with Gasteiger partial charge in [-0.2, -0.15) is 0 Å². The van der Waals surface area contributed by atoms with Crippen molar-refractivity contribution >= 4 is 34.7 Å². The second kappa shape index (κ2) is 6.35. The predicted molar refractivity (Wildman–Crippen MR) is 90.2 cm³/mol. The van der Waals surface area contributed by atoms with Gasteiger partial charge in [-0.15, -0.1) is 0 Å². The third kappa shape index (κ3) is 3.64. The summed E-state index contributed by atoms with van der Waals surface area (Å²) in [4.78, 5) is 32.6. The Hall–Kier alpha value is -2.22. The molecule has 1 amide bonds. The molecule has 0 saturated carbocycles. The first kappa shape index (κ1) is 16.6. The second-order valence-electron chi connectivity index (χ2n) is 6.52. The zero-order valence-corrected chi connectivity index (χ0v) is 14.6. The number of carbonyl (C=O) groups is 1. The highest BCUT2D eigenvalue weighted by Crippen LogP contribution is 2.20. The molecular weight excluding hydrogens is 332 g/mol. The lowest BCUT2D eigenvalue weighted by molar-refractivity contribution is 0.0240. The molecule has 1 saturated heterocycles. The molecule has 128 valence electrons. The molecule has 0 spiro atoms. The van der Waals surface area contributed by atoms with E-state index >= 15 is 0 Å². The standard InChI is InChI=1S/C15H19ClN6O2/c1-15(2,3)24-14(23)22-6-4-21(5-7-22)13-17-8-10-11(20-13)12(16)19-9-18-10/h8-9H,4-7H2,1-3H3. The molecule has 2 aromatic rings. The van der Waals surface area contributed by atoms with E-state index in [1.54, 1.807) is 11.1 Å². The molecule has 0 aliphatic carbocycles. The van der Waals surface area contributed by atoms with Crippen LogP contribution in [0.4, 0.5) is 10.7 Å². The molecule has 0 radical (unpaired) electrons. The van der Waals surface area contributed by atoms with Crippen LogP contribution in [0.15, 0.2) is 12.5 Å². The van der Waals surface area contributed by atoms with Crippen LogP contribution in [-0.2, 0) is 4.74 Å². The Bertz CT molecular complexity index is 755. The third-order valence-corrected chi connectivity index (χ3v) is 3.81. The van der Waals surface area contributed by atoms with Crippen LogP contribution in [0.5, 0.6) is 0 Å². The Morgan fingerprint density at radius 2 is 1.88 bits per heavy atom. The zero-order valence-electron chi connectivity index (χ0n) is 13.9. The van der Waals surface area contributed by atoms with E-state index in [0.29, 0.717) is 48.3 Å². The molecular formula is C15H19ClN6O2. The Morgan fingerprint density at radius 1 is 1.17 bits per heavy atom. The largest absolute Gasteiger partial charge is 0.444 e. The van der Waals surface area contributed by atoms with Gasteiger partial charge in [-0.25, -0.2) is 24.7 Å². The molecule has 3 heterocycles. The molecule has 0 N–H and O–H groups in total. The highest BCUT2D eigenvalue weighted by molar-refractivity contribution is 6.33. The van der Waals surface area contributed by atoms with Crippen LogP contribution in [0, 0.1) is 0 Å². The molecule has 0 unspecified atom stereocenters. The highest BCUT2D eigenvalue weighted by atomic mass is 35.5. The number of anilines is 1. The molecule has 1 aliphatic rings. The van der Waals surface area contributed by atoms with Gasteiger partial charge in [0.1, 0.15) is 23.0 Å². The van der Waals surface area contributed by atoms with Crippen LogP contribution < -0.4 is 4.90 Å². The Kier molecular flexibility index (Phi) is 4.40. The van der Waals surface area contributed by atoms with Crippen molar-refractivity contribution in [1.82, 2.24) is 24.8 Å². The summed E-state index contributed by atoms with van der Waals surface area (Å²) in [6, 6.07) is 0. The van der Waals surface area contributed by atoms with Gasteiger partial charge in [-0.05, 0) is 20.8 Å². The number of rotatable bonds is 1. The Balaban J connectivity index is 1.69. The van der Waals surface area contributed by atoms with E-state index in [2.05, 4.69) is 19.9 Å². The van der Waals surface area contributed by atoms with E-state index in [0.717, 1.165) is 0 Å². The number of hydrogen-bond donors (Lipinski definition) is 0. The van der Waals surface area contributed by atoms with Crippen LogP contribution in [0.3, 0.4) is 0 Å². The average molecular weight is 351 g/mol. The van der Waals surface area contributed by atoms with E-state index < -0.39 is 5.60 Å². The lowest BCUT2D eigenvalue weighted by Gasteiger charge is -2.35. The summed E-state index contributed by atoms with van der Waals surface area (Å²) < 4.78 is 5.39. The van der Waals surface area contributed by atoms with Crippen LogP contribution in [0.25, 0.3) is 11.0 Å². The maximum atomic E-state index is 12.1. The first-order valence-electron chi connectivity index (χ1n) is 7.69. The lowest BCUT2D eigenvalue weighted by Crippen LogP contribution is -2.50. The van der Waals surface area contributed by atoms with Gasteiger partial charge in [0.15, 0.2) is 5.15 Å². The van der Waals surface area contributed by atoms with Crippen molar-refractivity contribution in [2.24, 2.45) is 0 Å². The van der Waals surface area contributed by atoms with Crippen molar-refractivity contribution in [1.29, 1.82) is 0 Å². The number of piperazine rings is 1. The predicted octanol–water partition coefficient (Wildman–Crippen LogP) is 2.13. The van der Waals surface area contributed by atoms with Gasteiger partial charge >= 0.3 is 6.09 Å². The van der Waals surface area contributed by atoms with Gasteiger partial charge in [0.25, 0.3) is 0 Å². The SMILES string of the molecule is CC(C)(C)OC(=O)N1CCN(c2ncc3ncnc(Cl)c3n2)CC1. The van der Waals surface area contributed by atoms with E-state index in [-0.39, 0.29) is 6.09 Å². The number of halogens is 1. The summed E-state index contributed by atoms with van der Waals surface area (Å²) in [7, 11) is 0. The van der Waals surface area contributed by atoms with Crippen molar-refractivity contribution in [3.05, 3.63) is 17.7 Å². The number of aromatic nitrogens is 4. The highest BCUT2D eigenvalue weighted by Gasteiger charge is 2.26. The van der Waals surface area contributed by atoms with Crippen molar-refractivity contribution in [2.75, 3.05) is 31.1 Å². The maximum absolute atomic E-state index is 12.1. The van der Waals surface area contributed by atoms with E-state index in [1.807, 2.05) is 25.7 Å². The number of nitrogens with zero attached hydrogens (tertiary/aromatic N) is 6. The summed E-state index contributed by atoms with van der Waals surface area (Å²) >= 11 is 6.06. The fourth-order valence-corrected chi connectivity index (χ4v) is 2.57. The normalized spacial score (nSPS) is 15.7. The summed E-state index contributed by atoms with van der Waals surface area (Å²) in [6.07, 6.45) is 2.72. The quantitative estimate of drug-likeness (QED) is 0.728. The summed E-state index contributed by atoms with van der Waals surface area (Å²) in [6.45, 7) is 7.92. The van der Waals surface area contributed by atoms with Crippen molar-refractivity contribution < 1.29 is 9.53 Å². The molecule has 24 heavy (non-hydrogen) atoms. The minimum Gasteiger partial charge on any atom is -0.444 e. The first-order valence-corrected chi connectivity index (χ1v) is 8.07. The zero-order chi connectivity index (χ0) is 17.3. The monoisotopic (exact) mass is 350 g/mol.